The van der Waals surface area contributed by atoms with Crippen molar-refractivity contribution in [2.45, 2.75) is 13.0 Å². The topological polar surface area (TPSA) is 59.8 Å². The number of nitrogens with zero attached hydrogens (tertiary/aromatic N) is 3. The van der Waals surface area contributed by atoms with Gasteiger partial charge in [0.25, 0.3) is 0 Å². The highest BCUT2D eigenvalue weighted by molar-refractivity contribution is 5.75. The second-order valence-electron chi connectivity index (χ2n) is 3.82. The van der Waals surface area contributed by atoms with Crippen molar-refractivity contribution in [2.75, 3.05) is 6.54 Å². The normalized spacial score (nSPS) is 10.3. The number of aromatic nitrogens is 3. The summed E-state index contributed by atoms with van der Waals surface area (Å²) in [6, 6.07) is 6.23. The number of benzene rings is 1. The van der Waals surface area contributed by atoms with Crippen LogP contribution in [0.1, 0.15) is 5.56 Å². The minimum atomic E-state index is -0.256. The third-order valence-corrected chi connectivity index (χ3v) is 2.42. The van der Waals surface area contributed by atoms with Crippen molar-refractivity contribution >= 4 is 5.91 Å². The van der Waals surface area contributed by atoms with Crippen molar-refractivity contribution in [1.82, 2.24) is 20.1 Å². The van der Waals surface area contributed by atoms with Crippen molar-refractivity contribution in [3.8, 4) is 0 Å². The van der Waals surface area contributed by atoms with E-state index in [2.05, 4.69) is 15.4 Å². The molecule has 0 saturated heterocycles. The van der Waals surface area contributed by atoms with Crippen LogP contribution in [-0.4, -0.2) is 27.2 Å². The van der Waals surface area contributed by atoms with E-state index in [1.165, 1.54) is 29.5 Å². The Hall–Kier alpha value is -2.24. The molecule has 0 bridgehead atoms. The van der Waals surface area contributed by atoms with Gasteiger partial charge in [0.2, 0.25) is 5.91 Å². The van der Waals surface area contributed by atoms with Gasteiger partial charge in [0.1, 0.15) is 25.0 Å². The van der Waals surface area contributed by atoms with Crippen LogP contribution < -0.4 is 5.32 Å². The Bertz CT molecular complexity index is 495. The summed E-state index contributed by atoms with van der Waals surface area (Å²) in [5, 5.41) is 6.60. The lowest BCUT2D eigenvalue weighted by Gasteiger charge is -2.05. The molecule has 0 atom stereocenters. The molecule has 5 nitrogen and oxygen atoms in total. The number of hydrogen-bond donors (Lipinski definition) is 1. The summed E-state index contributed by atoms with van der Waals surface area (Å²) in [5.41, 5.74) is 0.984. The number of nitrogens with one attached hydrogen (secondary N) is 1. The Balaban J connectivity index is 1.72. The fourth-order valence-corrected chi connectivity index (χ4v) is 1.51. The number of rotatable bonds is 5. The zero-order valence-corrected chi connectivity index (χ0v) is 9.71. The van der Waals surface area contributed by atoms with E-state index in [9.17, 15) is 9.18 Å². The fourth-order valence-electron chi connectivity index (χ4n) is 1.51. The van der Waals surface area contributed by atoms with Crippen LogP contribution in [0.4, 0.5) is 4.39 Å². The Kier molecular flexibility index (Phi) is 4.01. The van der Waals surface area contributed by atoms with E-state index in [1.54, 1.807) is 12.1 Å². The predicted molar refractivity (Wildman–Crippen MR) is 63.1 cm³/mol. The minimum absolute atomic E-state index is 0.123. The summed E-state index contributed by atoms with van der Waals surface area (Å²) in [7, 11) is 0. The fraction of sp³-hybridized carbons (Fsp3) is 0.250. The van der Waals surface area contributed by atoms with Crippen LogP contribution in [-0.2, 0) is 17.8 Å². The molecule has 0 fully saturated rings. The van der Waals surface area contributed by atoms with Gasteiger partial charge < -0.3 is 5.32 Å². The van der Waals surface area contributed by atoms with Crippen molar-refractivity contribution in [3.63, 3.8) is 0 Å². The summed E-state index contributed by atoms with van der Waals surface area (Å²) in [6.07, 6.45) is 3.54. The van der Waals surface area contributed by atoms with Gasteiger partial charge in [-0.25, -0.2) is 14.1 Å². The van der Waals surface area contributed by atoms with Crippen molar-refractivity contribution in [1.29, 1.82) is 0 Å². The first-order chi connectivity index (χ1) is 8.74. The average molecular weight is 248 g/mol. The van der Waals surface area contributed by atoms with Crippen LogP contribution in [0.15, 0.2) is 36.9 Å². The van der Waals surface area contributed by atoms with Crippen molar-refractivity contribution in [2.24, 2.45) is 0 Å². The third-order valence-electron chi connectivity index (χ3n) is 2.42. The summed E-state index contributed by atoms with van der Waals surface area (Å²) < 4.78 is 14.1. The van der Waals surface area contributed by atoms with Gasteiger partial charge in [-0.05, 0) is 24.1 Å². The lowest BCUT2D eigenvalue weighted by molar-refractivity contribution is -0.121. The smallest absolute Gasteiger partial charge is 0.241 e. The highest BCUT2D eigenvalue weighted by Crippen LogP contribution is 2.02. The predicted octanol–water partition coefficient (Wildman–Crippen LogP) is 0.776. The molecule has 0 unspecified atom stereocenters. The Labute approximate surface area is 104 Å². The van der Waals surface area contributed by atoms with Gasteiger partial charge in [-0.15, -0.1) is 0 Å². The largest absolute Gasteiger partial charge is 0.354 e. The van der Waals surface area contributed by atoms with Crippen LogP contribution in [0.3, 0.4) is 0 Å². The summed E-state index contributed by atoms with van der Waals surface area (Å²) >= 11 is 0. The molecule has 0 aliphatic rings. The second kappa shape index (κ2) is 5.90. The Morgan fingerprint density at radius 3 is 2.78 bits per heavy atom. The van der Waals surface area contributed by atoms with Crippen LogP contribution in [0.5, 0.6) is 0 Å². The van der Waals surface area contributed by atoms with Gasteiger partial charge in [-0.2, -0.15) is 5.10 Å². The molecule has 1 aromatic carbocycles. The molecule has 0 spiro atoms. The van der Waals surface area contributed by atoms with E-state index in [-0.39, 0.29) is 18.3 Å². The highest BCUT2D eigenvalue weighted by Gasteiger charge is 2.02. The van der Waals surface area contributed by atoms with Gasteiger partial charge in [0, 0.05) is 6.54 Å². The summed E-state index contributed by atoms with van der Waals surface area (Å²) in [5.74, 6) is -0.378. The first-order valence-electron chi connectivity index (χ1n) is 5.57. The minimum Gasteiger partial charge on any atom is -0.354 e. The molecule has 0 radical (unpaired) electrons. The van der Waals surface area contributed by atoms with Crippen LogP contribution in [0, 0.1) is 5.82 Å². The Morgan fingerprint density at radius 1 is 1.33 bits per heavy atom. The Morgan fingerprint density at radius 2 is 2.11 bits per heavy atom. The first-order valence-corrected chi connectivity index (χ1v) is 5.57. The maximum absolute atomic E-state index is 12.7. The zero-order chi connectivity index (χ0) is 12.8. The van der Waals surface area contributed by atoms with E-state index >= 15 is 0 Å². The quantitative estimate of drug-likeness (QED) is 0.850. The molecule has 1 heterocycles. The molecular formula is C12H13FN4O. The number of halogens is 1. The highest BCUT2D eigenvalue weighted by atomic mass is 19.1. The van der Waals surface area contributed by atoms with Gasteiger partial charge in [-0.1, -0.05) is 12.1 Å². The summed E-state index contributed by atoms with van der Waals surface area (Å²) in [6.45, 7) is 0.669. The maximum Gasteiger partial charge on any atom is 0.241 e. The molecule has 0 saturated carbocycles. The van der Waals surface area contributed by atoms with Gasteiger partial charge in [-0.3, -0.25) is 4.79 Å². The molecule has 6 heteroatoms. The molecule has 1 aromatic heterocycles. The van der Waals surface area contributed by atoms with E-state index in [0.717, 1.165) is 5.56 Å². The molecule has 0 aliphatic heterocycles. The molecule has 18 heavy (non-hydrogen) atoms. The second-order valence-corrected chi connectivity index (χ2v) is 3.82. The van der Waals surface area contributed by atoms with Crippen molar-refractivity contribution in [3.05, 3.63) is 48.3 Å². The van der Waals surface area contributed by atoms with Gasteiger partial charge in [0.05, 0.1) is 0 Å². The molecule has 94 valence electrons. The number of carbonyl (C=O) groups excluding carboxylic acids is 1. The van der Waals surface area contributed by atoms with Gasteiger partial charge in [0.15, 0.2) is 0 Å². The lowest BCUT2D eigenvalue weighted by Crippen LogP contribution is -2.29. The maximum atomic E-state index is 12.7. The monoisotopic (exact) mass is 248 g/mol. The molecular weight excluding hydrogens is 235 g/mol. The molecule has 2 rings (SSSR count). The van der Waals surface area contributed by atoms with E-state index in [1.807, 2.05) is 0 Å². The van der Waals surface area contributed by atoms with Crippen molar-refractivity contribution < 1.29 is 9.18 Å². The molecule has 1 amide bonds. The van der Waals surface area contributed by atoms with E-state index < -0.39 is 0 Å². The van der Waals surface area contributed by atoms with E-state index in [4.69, 9.17) is 0 Å². The average Bonchev–Trinajstić information content (AvgIpc) is 2.84. The molecule has 2 aromatic rings. The SMILES string of the molecule is O=C(Cn1cncn1)NCCc1ccc(F)cc1. The van der Waals surface area contributed by atoms with Crippen LogP contribution >= 0.6 is 0 Å². The lowest BCUT2D eigenvalue weighted by atomic mass is 10.1. The third kappa shape index (κ3) is 3.65. The number of hydrogen-bond acceptors (Lipinski definition) is 3. The first kappa shape index (κ1) is 12.2. The van der Waals surface area contributed by atoms with Crippen LogP contribution in [0.2, 0.25) is 0 Å². The molecule has 1 N–H and O–H groups in total. The van der Waals surface area contributed by atoms with Crippen LogP contribution in [0.25, 0.3) is 0 Å². The molecule has 0 aliphatic carbocycles. The zero-order valence-electron chi connectivity index (χ0n) is 9.71. The summed E-state index contributed by atoms with van der Waals surface area (Å²) in [4.78, 5) is 15.2. The van der Waals surface area contributed by atoms with E-state index in [0.29, 0.717) is 13.0 Å². The number of amides is 1. The standard InChI is InChI=1S/C12H13FN4O/c13-11-3-1-10(2-4-11)5-6-15-12(18)7-17-9-14-8-16-17/h1-4,8-9H,5-7H2,(H,15,18). The number of carbonyl (C=O) groups is 1. The van der Waals surface area contributed by atoms with Gasteiger partial charge >= 0.3 is 0 Å².